The van der Waals surface area contributed by atoms with E-state index in [2.05, 4.69) is 4.98 Å². The van der Waals surface area contributed by atoms with Crippen LogP contribution in [0.25, 0.3) is 11.3 Å². The molecule has 0 radical (unpaired) electrons. The summed E-state index contributed by atoms with van der Waals surface area (Å²) in [5.74, 6) is -3.90. The van der Waals surface area contributed by atoms with E-state index in [-0.39, 0.29) is 17.5 Å². The van der Waals surface area contributed by atoms with E-state index in [0.29, 0.717) is 22.4 Å². The van der Waals surface area contributed by atoms with E-state index in [9.17, 15) is 18.0 Å². The van der Waals surface area contributed by atoms with Crippen LogP contribution in [0.5, 0.6) is 0 Å². The minimum absolute atomic E-state index is 0.222. The average Bonchev–Trinajstić information content (AvgIpc) is 2.64. The lowest BCUT2D eigenvalue weighted by Gasteiger charge is -2.08. The first kappa shape index (κ1) is 18.1. The summed E-state index contributed by atoms with van der Waals surface area (Å²) in [5, 5.41) is 8.88. The molecule has 0 aliphatic heterocycles. The van der Waals surface area contributed by atoms with E-state index in [4.69, 9.17) is 11.0 Å². The van der Waals surface area contributed by atoms with Gasteiger partial charge in [0, 0.05) is 11.8 Å². The van der Waals surface area contributed by atoms with Gasteiger partial charge in [0.05, 0.1) is 16.8 Å². The minimum atomic E-state index is -1.18. The van der Waals surface area contributed by atoms with Crippen LogP contribution in [0.15, 0.2) is 48.7 Å². The Bertz CT molecular complexity index is 1090. The third-order valence-electron chi connectivity index (χ3n) is 3.97. The molecule has 0 unspecified atom stereocenters. The van der Waals surface area contributed by atoms with Gasteiger partial charge in [0.1, 0.15) is 11.9 Å². The van der Waals surface area contributed by atoms with Gasteiger partial charge in [-0.15, -0.1) is 0 Å². The molecule has 1 aromatic heterocycles. The number of carbonyl (C=O) groups excluding carboxylic acids is 1. The van der Waals surface area contributed by atoms with Crippen LogP contribution in [-0.4, -0.2) is 10.9 Å². The molecule has 0 atom stereocenters. The Morgan fingerprint density at radius 1 is 1.04 bits per heavy atom. The molecule has 3 rings (SSSR count). The van der Waals surface area contributed by atoms with Crippen LogP contribution >= 0.6 is 0 Å². The highest BCUT2D eigenvalue weighted by Gasteiger charge is 2.13. The van der Waals surface area contributed by atoms with Crippen LogP contribution in [0.4, 0.5) is 13.2 Å². The lowest BCUT2D eigenvalue weighted by atomic mass is 10.0. The van der Waals surface area contributed by atoms with Crippen molar-refractivity contribution in [2.45, 2.75) is 6.42 Å². The smallest absolute Gasteiger partial charge is 0.251 e. The number of aromatic nitrogens is 1. The van der Waals surface area contributed by atoms with Gasteiger partial charge in [-0.25, -0.2) is 13.2 Å². The molecule has 0 bridgehead atoms. The maximum atomic E-state index is 14.0. The third kappa shape index (κ3) is 3.80. The van der Waals surface area contributed by atoms with Crippen LogP contribution < -0.4 is 5.73 Å². The summed E-state index contributed by atoms with van der Waals surface area (Å²) in [6.07, 6.45) is 1.72. The second kappa shape index (κ2) is 7.30. The first-order valence-corrected chi connectivity index (χ1v) is 7.81. The van der Waals surface area contributed by atoms with Crippen molar-refractivity contribution >= 4 is 5.91 Å². The van der Waals surface area contributed by atoms with Crippen LogP contribution in [0, 0.1) is 28.8 Å². The maximum Gasteiger partial charge on any atom is 0.251 e. The maximum absolute atomic E-state index is 14.0. The number of hydrogen-bond donors (Lipinski definition) is 1. The number of pyridine rings is 1. The Hall–Kier alpha value is -3.66. The predicted molar refractivity (Wildman–Crippen MR) is 92.0 cm³/mol. The molecule has 2 aromatic carbocycles. The van der Waals surface area contributed by atoms with E-state index in [1.165, 1.54) is 24.4 Å². The van der Waals surface area contributed by atoms with Crippen molar-refractivity contribution in [3.8, 4) is 17.3 Å². The summed E-state index contributed by atoms with van der Waals surface area (Å²) in [7, 11) is 0. The molecule has 0 spiro atoms. The number of nitrogens with zero attached hydrogens (tertiary/aromatic N) is 2. The van der Waals surface area contributed by atoms with Gasteiger partial charge in [0.15, 0.2) is 11.6 Å². The third-order valence-corrected chi connectivity index (χ3v) is 3.97. The lowest BCUT2D eigenvalue weighted by Crippen LogP contribution is -2.12. The van der Waals surface area contributed by atoms with E-state index < -0.39 is 23.4 Å². The molecule has 2 N–H and O–H groups in total. The summed E-state index contributed by atoms with van der Waals surface area (Å²) in [6, 6.07) is 11.2. The number of primary amides is 1. The van der Waals surface area contributed by atoms with E-state index >= 15 is 0 Å². The lowest BCUT2D eigenvalue weighted by molar-refractivity contribution is 0.0996. The molecule has 134 valence electrons. The number of nitriles is 1. The minimum Gasteiger partial charge on any atom is -0.366 e. The van der Waals surface area contributed by atoms with Gasteiger partial charge in [-0.2, -0.15) is 5.26 Å². The molecule has 7 heteroatoms. The van der Waals surface area contributed by atoms with Crippen molar-refractivity contribution < 1.29 is 18.0 Å². The summed E-state index contributed by atoms with van der Waals surface area (Å²) in [5.41, 5.74) is 6.48. The van der Waals surface area contributed by atoms with Crippen LogP contribution in [0.3, 0.4) is 0 Å². The zero-order chi connectivity index (χ0) is 19.6. The fourth-order valence-electron chi connectivity index (χ4n) is 2.68. The molecular formula is C20H12F3N3O. The highest BCUT2D eigenvalue weighted by atomic mass is 19.2. The van der Waals surface area contributed by atoms with E-state index in [0.717, 1.165) is 12.1 Å². The highest BCUT2D eigenvalue weighted by molar-refractivity contribution is 5.93. The van der Waals surface area contributed by atoms with Crippen molar-refractivity contribution in [1.29, 1.82) is 5.26 Å². The fourth-order valence-corrected chi connectivity index (χ4v) is 2.68. The molecule has 0 fully saturated rings. The fraction of sp³-hybridized carbons (Fsp3) is 0.0500. The molecule has 0 saturated carbocycles. The molecule has 1 amide bonds. The molecule has 1 heterocycles. The quantitative estimate of drug-likeness (QED) is 0.763. The molecular weight excluding hydrogens is 355 g/mol. The molecule has 3 aromatic rings. The van der Waals surface area contributed by atoms with Gasteiger partial charge in [-0.05, 0) is 53.9 Å². The van der Waals surface area contributed by atoms with Gasteiger partial charge >= 0.3 is 0 Å². The zero-order valence-corrected chi connectivity index (χ0v) is 13.8. The summed E-state index contributed by atoms with van der Waals surface area (Å²) >= 11 is 0. The first-order chi connectivity index (χ1) is 12.9. The Morgan fingerprint density at radius 3 is 2.48 bits per heavy atom. The van der Waals surface area contributed by atoms with Crippen molar-refractivity contribution in [2.75, 3.05) is 0 Å². The zero-order valence-electron chi connectivity index (χ0n) is 13.8. The number of halogens is 3. The van der Waals surface area contributed by atoms with Crippen molar-refractivity contribution in [2.24, 2.45) is 5.73 Å². The molecule has 0 aliphatic rings. The standard InChI is InChI=1S/C20H12F3N3O/c21-16-9-13(1-2-15(16)20(25)27)18-8-11(3-4-26-18)5-12-6-14(10-24)19(23)17(22)7-12/h1-4,6-9H,5H2,(H2,25,27). The number of amides is 1. The average molecular weight is 367 g/mol. The Balaban J connectivity index is 1.93. The van der Waals surface area contributed by atoms with Crippen LogP contribution in [0.2, 0.25) is 0 Å². The Morgan fingerprint density at radius 2 is 1.81 bits per heavy atom. The molecule has 0 aliphatic carbocycles. The SMILES string of the molecule is N#Cc1cc(Cc2ccnc(-c3ccc(C(N)=O)c(F)c3)c2)cc(F)c1F. The predicted octanol–water partition coefficient (Wildman–Crippen LogP) is 3.73. The second-order valence-electron chi connectivity index (χ2n) is 5.84. The van der Waals surface area contributed by atoms with Gasteiger partial charge in [-0.3, -0.25) is 9.78 Å². The molecule has 0 saturated heterocycles. The van der Waals surface area contributed by atoms with Gasteiger partial charge in [0.25, 0.3) is 5.91 Å². The normalized spacial score (nSPS) is 10.4. The number of carbonyl (C=O) groups is 1. The topological polar surface area (TPSA) is 79.8 Å². The number of hydrogen-bond acceptors (Lipinski definition) is 3. The van der Waals surface area contributed by atoms with Crippen LogP contribution in [-0.2, 0) is 6.42 Å². The van der Waals surface area contributed by atoms with E-state index in [1.54, 1.807) is 18.2 Å². The monoisotopic (exact) mass is 367 g/mol. The van der Waals surface area contributed by atoms with Crippen molar-refractivity contribution in [3.63, 3.8) is 0 Å². The number of rotatable bonds is 4. The Labute approximate surface area is 152 Å². The van der Waals surface area contributed by atoms with Gasteiger partial charge in [-0.1, -0.05) is 6.07 Å². The highest BCUT2D eigenvalue weighted by Crippen LogP contribution is 2.23. The van der Waals surface area contributed by atoms with Gasteiger partial charge < -0.3 is 5.73 Å². The van der Waals surface area contributed by atoms with Crippen molar-refractivity contribution in [1.82, 2.24) is 4.98 Å². The molecule has 4 nitrogen and oxygen atoms in total. The summed E-state index contributed by atoms with van der Waals surface area (Å²) < 4.78 is 41.0. The van der Waals surface area contributed by atoms with Gasteiger partial charge in [0.2, 0.25) is 0 Å². The largest absolute Gasteiger partial charge is 0.366 e. The number of nitrogens with two attached hydrogens (primary N) is 1. The molecule has 27 heavy (non-hydrogen) atoms. The summed E-state index contributed by atoms with van der Waals surface area (Å²) in [6.45, 7) is 0. The summed E-state index contributed by atoms with van der Waals surface area (Å²) in [4.78, 5) is 15.3. The Kier molecular flexibility index (Phi) is 4.90. The van der Waals surface area contributed by atoms with E-state index in [1.807, 2.05) is 0 Å². The first-order valence-electron chi connectivity index (χ1n) is 7.81. The number of benzene rings is 2. The second-order valence-corrected chi connectivity index (χ2v) is 5.84. The van der Waals surface area contributed by atoms with Crippen LogP contribution in [0.1, 0.15) is 27.0 Å². The van der Waals surface area contributed by atoms with Crippen molar-refractivity contribution in [3.05, 3.63) is 88.4 Å².